The Hall–Kier alpha value is -2.05. The van der Waals surface area contributed by atoms with Crippen molar-refractivity contribution in [3.8, 4) is 5.75 Å². The molecule has 1 rings (SSSR count). The average molecular weight is 264 g/mol. The van der Waals surface area contributed by atoms with Gasteiger partial charge in [0.2, 0.25) is 5.83 Å². The number of hydrogen-bond acceptors (Lipinski definition) is 2. The maximum atomic E-state index is 13.0. The molecule has 0 amide bonds. The van der Waals surface area contributed by atoms with Crippen molar-refractivity contribution in [1.82, 2.24) is 0 Å². The molecule has 18 heavy (non-hydrogen) atoms. The Labute approximate surface area is 99.3 Å². The lowest BCUT2D eigenvalue weighted by atomic mass is 10.1. The quantitative estimate of drug-likeness (QED) is 0.672. The Morgan fingerprint density at radius 3 is 2.11 bits per heavy atom. The van der Waals surface area contributed by atoms with Gasteiger partial charge in [-0.3, -0.25) is 0 Å². The third-order valence-electron chi connectivity index (χ3n) is 2.04. The summed E-state index contributed by atoms with van der Waals surface area (Å²) in [6, 6.07) is 4.22. The van der Waals surface area contributed by atoms with Gasteiger partial charge in [0.1, 0.15) is 5.75 Å². The largest absolute Gasteiger partial charge is 0.573 e. The van der Waals surface area contributed by atoms with Crippen molar-refractivity contribution in [2.45, 2.75) is 13.3 Å². The van der Waals surface area contributed by atoms with Crippen LogP contribution in [0.15, 0.2) is 30.1 Å². The standard InChI is InChI=1S/C11H8F4O3/c1-6(9(12)10(16)17)7-2-4-8(5-3-7)18-11(13,14)15/h2-5H,1H3,(H,16,17). The van der Waals surface area contributed by atoms with Gasteiger partial charge in [-0.25, -0.2) is 4.79 Å². The first-order chi connectivity index (χ1) is 8.20. The zero-order chi connectivity index (χ0) is 13.9. The summed E-state index contributed by atoms with van der Waals surface area (Å²) in [5.74, 6) is -3.56. The van der Waals surface area contributed by atoms with Gasteiger partial charge in [-0.1, -0.05) is 12.1 Å². The van der Waals surface area contributed by atoms with E-state index >= 15 is 0 Å². The summed E-state index contributed by atoms with van der Waals surface area (Å²) in [7, 11) is 0. The van der Waals surface area contributed by atoms with Gasteiger partial charge in [0.25, 0.3) is 0 Å². The summed E-state index contributed by atoms with van der Waals surface area (Å²) >= 11 is 0. The van der Waals surface area contributed by atoms with Gasteiger partial charge in [-0.2, -0.15) is 4.39 Å². The zero-order valence-corrected chi connectivity index (χ0v) is 9.08. The third-order valence-corrected chi connectivity index (χ3v) is 2.04. The van der Waals surface area contributed by atoms with Gasteiger partial charge in [-0.05, 0) is 30.2 Å². The molecular weight excluding hydrogens is 256 g/mol. The highest BCUT2D eigenvalue weighted by atomic mass is 19.4. The molecule has 0 aliphatic rings. The van der Waals surface area contributed by atoms with Gasteiger partial charge >= 0.3 is 12.3 Å². The molecule has 1 aromatic rings. The minimum absolute atomic E-state index is 0.157. The molecule has 1 aromatic carbocycles. The fraction of sp³-hybridized carbons (Fsp3) is 0.182. The van der Waals surface area contributed by atoms with Crippen LogP contribution in [-0.2, 0) is 4.79 Å². The fourth-order valence-corrected chi connectivity index (χ4v) is 1.19. The van der Waals surface area contributed by atoms with Crippen LogP contribution in [0.2, 0.25) is 0 Å². The summed E-state index contributed by atoms with van der Waals surface area (Å²) < 4.78 is 52.3. The Morgan fingerprint density at radius 2 is 1.72 bits per heavy atom. The highest BCUT2D eigenvalue weighted by Crippen LogP contribution is 2.26. The van der Waals surface area contributed by atoms with Gasteiger partial charge < -0.3 is 9.84 Å². The van der Waals surface area contributed by atoms with Crippen LogP contribution in [0, 0.1) is 0 Å². The molecule has 0 aromatic heterocycles. The topological polar surface area (TPSA) is 46.5 Å². The number of carboxylic acid groups (broad SMARTS) is 1. The van der Waals surface area contributed by atoms with E-state index in [2.05, 4.69) is 4.74 Å². The van der Waals surface area contributed by atoms with Gasteiger partial charge in [-0.15, -0.1) is 13.2 Å². The molecule has 0 atom stereocenters. The number of benzene rings is 1. The normalized spacial score (nSPS) is 12.9. The van der Waals surface area contributed by atoms with E-state index in [-0.39, 0.29) is 11.1 Å². The van der Waals surface area contributed by atoms with Crippen LogP contribution in [0.5, 0.6) is 5.75 Å². The summed E-state index contributed by atoms with van der Waals surface area (Å²) in [4.78, 5) is 10.4. The van der Waals surface area contributed by atoms with E-state index in [1.54, 1.807) is 0 Å². The second kappa shape index (κ2) is 5.07. The summed E-state index contributed by atoms with van der Waals surface area (Å²) in [6.45, 7) is 1.21. The number of halogens is 4. The maximum Gasteiger partial charge on any atom is 0.573 e. The van der Waals surface area contributed by atoms with Crippen LogP contribution in [0.1, 0.15) is 12.5 Å². The van der Waals surface area contributed by atoms with E-state index in [4.69, 9.17) is 5.11 Å². The molecular formula is C11H8F4O3. The molecule has 3 nitrogen and oxygen atoms in total. The Kier molecular flexibility index (Phi) is 3.95. The molecule has 0 spiro atoms. The first kappa shape index (κ1) is 14.0. The predicted molar refractivity (Wildman–Crippen MR) is 54.5 cm³/mol. The predicted octanol–water partition coefficient (Wildman–Crippen LogP) is 3.37. The van der Waals surface area contributed by atoms with Crippen LogP contribution in [0.25, 0.3) is 5.57 Å². The monoisotopic (exact) mass is 264 g/mol. The third kappa shape index (κ3) is 3.76. The van der Waals surface area contributed by atoms with E-state index in [0.717, 1.165) is 24.3 Å². The van der Waals surface area contributed by atoms with Gasteiger partial charge in [0.05, 0.1) is 0 Å². The number of carbonyl (C=O) groups is 1. The molecule has 0 aliphatic carbocycles. The van der Waals surface area contributed by atoms with Crippen LogP contribution in [-0.4, -0.2) is 17.4 Å². The lowest BCUT2D eigenvalue weighted by molar-refractivity contribution is -0.274. The van der Waals surface area contributed by atoms with E-state index < -0.39 is 23.9 Å². The maximum absolute atomic E-state index is 13.0. The van der Waals surface area contributed by atoms with Crippen molar-refractivity contribution >= 4 is 11.5 Å². The van der Waals surface area contributed by atoms with E-state index in [1.165, 1.54) is 6.92 Å². The van der Waals surface area contributed by atoms with Crippen molar-refractivity contribution in [3.05, 3.63) is 35.7 Å². The van der Waals surface area contributed by atoms with Crippen LogP contribution in [0.4, 0.5) is 17.6 Å². The number of rotatable bonds is 3. The second-order valence-corrected chi connectivity index (χ2v) is 3.32. The van der Waals surface area contributed by atoms with E-state index in [1.807, 2.05) is 0 Å². The Bertz CT molecular complexity index is 474. The molecule has 98 valence electrons. The highest BCUT2D eigenvalue weighted by molar-refractivity contribution is 5.93. The van der Waals surface area contributed by atoms with Crippen molar-refractivity contribution in [2.24, 2.45) is 0 Å². The molecule has 0 saturated heterocycles. The molecule has 0 aliphatic heterocycles. The highest BCUT2D eigenvalue weighted by Gasteiger charge is 2.31. The number of ether oxygens (including phenoxy) is 1. The number of alkyl halides is 3. The SMILES string of the molecule is CC(=C(F)C(=O)O)c1ccc(OC(F)(F)F)cc1. The van der Waals surface area contributed by atoms with Crippen molar-refractivity contribution in [3.63, 3.8) is 0 Å². The molecule has 0 fully saturated rings. The number of carboxylic acids is 1. The molecule has 0 saturated carbocycles. The molecule has 0 unspecified atom stereocenters. The van der Waals surface area contributed by atoms with Crippen LogP contribution >= 0.6 is 0 Å². The Balaban J connectivity index is 2.97. The van der Waals surface area contributed by atoms with Crippen molar-refractivity contribution in [2.75, 3.05) is 0 Å². The lowest BCUT2D eigenvalue weighted by Gasteiger charge is -2.09. The number of hydrogen-bond donors (Lipinski definition) is 1. The lowest BCUT2D eigenvalue weighted by Crippen LogP contribution is -2.17. The second-order valence-electron chi connectivity index (χ2n) is 3.32. The first-order valence-corrected chi connectivity index (χ1v) is 4.66. The molecule has 0 radical (unpaired) electrons. The molecule has 0 heterocycles. The van der Waals surface area contributed by atoms with E-state index in [9.17, 15) is 22.4 Å². The molecule has 0 bridgehead atoms. The number of allylic oxidation sites excluding steroid dienone is 1. The Morgan fingerprint density at radius 1 is 1.22 bits per heavy atom. The minimum atomic E-state index is -4.81. The molecule has 7 heteroatoms. The minimum Gasteiger partial charge on any atom is -0.476 e. The van der Waals surface area contributed by atoms with Crippen LogP contribution in [0.3, 0.4) is 0 Å². The van der Waals surface area contributed by atoms with Gasteiger partial charge in [0.15, 0.2) is 0 Å². The van der Waals surface area contributed by atoms with E-state index in [0.29, 0.717) is 0 Å². The zero-order valence-electron chi connectivity index (χ0n) is 9.08. The summed E-state index contributed by atoms with van der Waals surface area (Å²) in [5.41, 5.74) is -0.0227. The van der Waals surface area contributed by atoms with Crippen molar-refractivity contribution < 1.29 is 32.2 Å². The summed E-state index contributed by atoms with van der Waals surface area (Å²) in [6.07, 6.45) is -4.81. The van der Waals surface area contributed by atoms with Crippen LogP contribution < -0.4 is 4.74 Å². The fourth-order valence-electron chi connectivity index (χ4n) is 1.19. The average Bonchev–Trinajstić information content (AvgIpc) is 2.26. The summed E-state index contributed by atoms with van der Waals surface area (Å²) in [5, 5.41) is 8.41. The van der Waals surface area contributed by atoms with Gasteiger partial charge in [0, 0.05) is 0 Å². The molecule has 1 N–H and O–H groups in total. The smallest absolute Gasteiger partial charge is 0.476 e. The number of aliphatic carboxylic acids is 1. The first-order valence-electron chi connectivity index (χ1n) is 4.66. The van der Waals surface area contributed by atoms with Crippen molar-refractivity contribution in [1.29, 1.82) is 0 Å².